The summed E-state index contributed by atoms with van der Waals surface area (Å²) in [5, 5.41) is 12.6. The van der Waals surface area contributed by atoms with Crippen LogP contribution >= 0.6 is 11.8 Å². The van der Waals surface area contributed by atoms with Crippen LogP contribution < -0.4 is 5.32 Å². The maximum atomic E-state index is 13.6. The maximum absolute atomic E-state index is 13.6. The Hall–Kier alpha value is -1.12. The smallest absolute Gasteiger partial charge is 0.136 e. The second kappa shape index (κ2) is 5.89. The van der Waals surface area contributed by atoms with Crippen molar-refractivity contribution in [1.82, 2.24) is 5.32 Å². The molecule has 1 atom stereocenters. The molecule has 1 aromatic carbocycles. The first kappa shape index (κ1) is 14.3. The molecule has 19 heavy (non-hydrogen) atoms. The van der Waals surface area contributed by atoms with E-state index in [1.54, 1.807) is 0 Å². The molecule has 2 rings (SSSR count). The lowest BCUT2D eigenvalue weighted by Gasteiger charge is -2.27. The zero-order valence-electron chi connectivity index (χ0n) is 10.7. The van der Waals surface area contributed by atoms with Crippen molar-refractivity contribution < 1.29 is 8.78 Å². The summed E-state index contributed by atoms with van der Waals surface area (Å²) >= 11 is 1.20. The number of hydrogen-bond donors (Lipinski definition) is 1. The molecule has 1 N–H and O–H groups in total. The van der Waals surface area contributed by atoms with Gasteiger partial charge in [0.1, 0.15) is 17.2 Å². The van der Waals surface area contributed by atoms with Crippen LogP contribution in [0.3, 0.4) is 0 Å². The first-order chi connectivity index (χ1) is 9.11. The Balaban J connectivity index is 2.10. The molecule has 0 aliphatic heterocycles. The minimum absolute atomic E-state index is 0.262. The summed E-state index contributed by atoms with van der Waals surface area (Å²) in [6.45, 7) is 2.64. The van der Waals surface area contributed by atoms with E-state index >= 15 is 0 Å². The van der Waals surface area contributed by atoms with Gasteiger partial charge < -0.3 is 0 Å². The third-order valence-corrected chi connectivity index (χ3v) is 4.54. The van der Waals surface area contributed by atoms with Gasteiger partial charge in [0.2, 0.25) is 0 Å². The summed E-state index contributed by atoms with van der Waals surface area (Å²) in [4.78, 5) is 0.262. The van der Waals surface area contributed by atoms with Crippen LogP contribution in [0.25, 0.3) is 0 Å². The van der Waals surface area contributed by atoms with Crippen molar-refractivity contribution in [3.05, 3.63) is 29.8 Å². The second-order valence-corrected chi connectivity index (χ2v) is 5.77. The number of hydrogen-bond acceptors (Lipinski definition) is 3. The van der Waals surface area contributed by atoms with Gasteiger partial charge in [-0.25, -0.2) is 8.78 Å². The number of rotatable bonds is 6. The summed E-state index contributed by atoms with van der Waals surface area (Å²) in [7, 11) is 0. The highest BCUT2D eigenvalue weighted by molar-refractivity contribution is 7.99. The fraction of sp³-hybridized carbons (Fsp3) is 0.500. The van der Waals surface area contributed by atoms with E-state index in [1.165, 1.54) is 17.8 Å². The van der Waals surface area contributed by atoms with E-state index in [-0.39, 0.29) is 4.90 Å². The predicted octanol–water partition coefficient (Wildman–Crippen LogP) is 3.34. The minimum atomic E-state index is -0.627. The molecule has 0 aromatic heterocycles. The number of thioether (sulfide) groups is 1. The van der Waals surface area contributed by atoms with Crippen LogP contribution in [0.5, 0.6) is 0 Å². The highest BCUT2D eigenvalue weighted by Crippen LogP contribution is 2.42. The SMILES string of the molecule is CCNC(C#N)(CSc1cc(F)ccc1F)C1CC1. The van der Waals surface area contributed by atoms with Gasteiger partial charge in [-0.3, -0.25) is 5.32 Å². The summed E-state index contributed by atoms with van der Waals surface area (Å²) in [6.07, 6.45) is 2.04. The van der Waals surface area contributed by atoms with Gasteiger partial charge in [0.05, 0.1) is 6.07 Å². The van der Waals surface area contributed by atoms with Crippen molar-refractivity contribution in [3.8, 4) is 6.07 Å². The average Bonchev–Trinajstić information content (AvgIpc) is 3.23. The third-order valence-electron chi connectivity index (χ3n) is 3.31. The van der Waals surface area contributed by atoms with Crippen molar-refractivity contribution in [2.75, 3.05) is 12.3 Å². The monoisotopic (exact) mass is 282 g/mol. The third kappa shape index (κ3) is 3.26. The fourth-order valence-electron chi connectivity index (χ4n) is 2.15. The Morgan fingerprint density at radius 1 is 1.47 bits per heavy atom. The van der Waals surface area contributed by atoms with Gasteiger partial charge in [0.15, 0.2) is 0 Å². The van der Waals surface area contributed by atoms with Crippen molar-refractivity contribution in [2.24, 2.45) is 5.92 Å². The summed E-state index contributed by atoms with van der Waals surface area (Å²) in [5.41, 5.74) is -0.627. The van der Waals surface area contributed by atoms with Crippen molar-refractivity contribution in [2.45, 2.75) is 30.2 Å². The number of nitrogens with zero attached hydrogens (tertiary/aromatic N) is 1. The average molecular weight is 282 g/mol. The van der Waals surface area contributed by atoms with Crippen molar-refractivity contribution in [1.29, 1.82) is 5.26 Å². The van der Waals surface area contributed by atoms with Crippen LogP contribution in [-0.2, 0) is 0 Å². The Morgan fingerprint density at radius 3 is 2.79 bits per heavy atom. The first-order valence-electron chi connectivity index (χ1n) is 6.35. The Kier molecular flexibility index (Phi) is 4.43. The molecular formula is C14H16F2N2S. The lowest BCUT2D eigenvalue weighted by atomic mass is 9.98. The molecule has 1 unspecified atom stereocenters. The Labute approximate surface area is 116 Å². The predicted molar refractivity (Wildman–Crippen MR) is 71.8 cm³/mol. The van der Waals surface area contributed by atoms with E-state index in [9.17, 15) is 14.0 Å². The Bertz CT molecular complexity index is 497. The minimum Gasteiger partial charge on any atom is -0.299 e. The van der Waals surface area contributed by atoms with Gasteiger partial charge in [-0.2, -0.15) is 5.26 Å². The molecule has 1 aliphatic carbocycles. The Morgan fingerprint density at radius 2 is 2.21 bits per heavy atom. The van der Waals surface area contributed by atoms with E-state index in [0.717, 1.165) is 25.0 Å². The van der Waals surface area contributed by atoms with Gasteiger partial charge in [-0.15, -0.1) is 11.8 Å². The summed E-state index contributed by atoms with van der Waals surface area (Å²) in [5.74, 6) is -0.143. The van der Waals surface area contributed by atoms with Gasteiger partial charge in [-0.1, -0.05) is 6.92 Å². The number of benzene rings is 1. The van der Waals surface area contributed by atoms with Crippen LogP contribution in [0.1, 0.15) is 19.8 Å². The van der Waals surface area contributed by atoms with Crippen LogP contribution in [0.4, 0.5) is 8.78 Å². The van der Waals surface area contributed by atoms with Crippen molar-refractivity contribution >= 4 is 11.8 Å². The molecule has 1 fully saturated rings. The van der Waals surface area contributed by atoms with Gasteiger partial charge in [0, 0.05) is 10.6 Å². The van der Waals surface area contributed by atoms with Crippen molar-refractivity contribution in [3.63, 3.8) is 0 Å². The van der Waals surface area contributed by atoms with Crippen LogP contribution in [0, 0.1) is 28.9 Å². The van der Waals surface area contributed by atoms with E-state index in [1.807, 2.05) is 6.92 Å². The topological polar surface area (TPSA) is 35.8 Å². The van der Waals surface area contributed by atoms with E-state index < -0.39 is 17.2 Å². The molecule has 1 saturated carbocycles. The standard InChI is InChI=1S/C14H16F2N2S/c1-2-18-14(8-17,10-3-4-10)9-19-13-7-11(15)5-6-12(13)16/h5-7,10,18H,2-4,9H2,1H3. The van der Waals surface area contributed by atoms with Gasteiger partial charge >= 0.3 is 0 Å². The van der Waals surface area contributed by atoms with Crippen LogP contribution in [-0.4, -0.2) is 17.8 Å². The molecule has 1 aliphatic rings. The summed E-state index contributed by atoms with van der Waals surface area (Å²) < 4.78 is 26.7. The lowest BCUT2D eigenvalue weighted by Crippen LogP contribution is -2.48. The molecule has 5 heteroatoms. The van der Waals surface area contributed by atoms with Crippen LogP contribution in [0.2, 0.25) is 0 Å². The number of nitrogens with one attached hydrogen (secondary N) is 1. The number of nitriles is 1. The van der Waals surface area contributed by atoms with Gasteiger partial charge in [0.25, 0.3) is 0 Å². The van der Waals surface area contributed by atoms with E-state index in [0.29, 0.717) is 18.2 Å². The molecule has 0 bridgehead atoms. The van der Waals surface area contributed by atoms with E-state index in [2.05, 4.69) is 11.4 Å². The first-order valence-corrected chi connectivity index (χ1v) is 7.34. The molecule has 2 nitrogen and oxygen atoms in total. The highest BCUT2D eigenvalue weighted by atomic mass is 32.2. The molecule has 0 heterocycles. The molecule has 1 aromatic rings. The lowest BCUT2D eigenvalue weighted by molar-refractivity contribution is 0.415. The summed E-state index contributed by atoms with van der Waals surface area (Å²) in [6, 6.07) is 5.74. The van der Waals surface area contributed by atoms with Crippen LogP contribution in [0.15, 0.2) is 23.1 Å². The fourth-order valence-corrected chi connectivity index (χ4v) is 3.33. The molecule has 102 valence electrons. The highest BCUT2D eigenvalue weighted by Gasteiger charge is 2.45. The quantitative estimate of drug-likeness (QED) is 0.813. The molecule has 0 amide bonds. The maximum Gasteiger partial charge on any atom is 0.136 e. The zero-order chi connectivity index (χ0) is 13.9. The molecule has 0 saturated heterocycles. The molecular weight excluding hydrogens is 266 g/mol. The molecule has 0 spiro atoms. The second-order valence-electron chi connectivity index (χ2n) is 4.75. The number of halogens is 2. The normalized spacial score (nSPS) is 17.8. The molecule has 0 radical (unpaired) electrons. The zero-order valence-corrected chi connectivity index (χ0v) is 11.6. The largest absolute Gasteiger partial charge is 0.299 e. The van der Waals surface area contributed by atoms with Gasteiger partial charge in [-0.05, 0) is 43.5 Å². The van der Waals surface area contributed by atoms with E-state index in [4.69, 9.17) is 0 Å².